The van der Waals surface area contributed by atoms with Gasteiger partial charge in [-0.2, -0.15) is 0 Å². The number of hydrogen-bond donors (Lipinski definition) is 1. The number of likely N-dealkylation sites (tertiary alicyclic amines) is 1. The first-order valence-electron chi connectivity index (χ1n) is 11.4. The molecule has 0 radical (unpaired) electrons. The van der Waals surface area contributed by atoms with Crippen molar-refractivity contribution in [3.8, 4) is 0 Å². The van der Waals surface area contributed by atoms with Gasteiger partial charge in [0.05, 0.1) is 24.4 Å². The third-order valence-electron chi connectivity index (χ3n) is 6.86. The lowest BCUT2D eigenvalue weighted by atomic mass is 9.68. The Bertz CT molecular complexity index is 627. The number of carbonyl (C=O) groups is 1. The molecule has 0 unspecified atom stereocenters. The highest BCUT2D eigenvalue weighted by molar-refractivity contribution is 5.69. The summed E-state index contributed by atoms with van der Waals surface area (Å²) in [5.41, 5.74) is 0.518. The smallest absolute Gasteiger partial charge is 0.410 e. The predicted molar refractivity (Wildman–Crippen MR) is 116 cm³/mol. The van der Waals surface area contributed by atoms with Gasteiger partial charge in [0.15, 0.2) is 0 Å². The molecule has 0 aromatic carbocycles. The number of carbonyl (C=O) groups excluding carboxylic acids is 1. The molecule has 2 saturated heterocycles. The van der Waals surface area contributed by atoms with Crippen LogP contribution in [0.15, 0.2) is 11.6 Å². The highest BCUT2D eigenvalue weighted by atomic mass is 16.6. The van der Waals surface area contributed by atoms with Crippen LogP contribution in [0.3, 0.4) is 0 Å². The van der Waals surface area contributed by atoms with Crippen molar-refractivity contribution in [3.63, 3.8) is 0 Å². The zero-order chi connectivity index (χ0) is 21.9. The number of nitrogens with zero attached hydrogens (tertiary/aromatic N) is 1. The summed E-state index contributed by atoms with van der Waals surface area (Å²) < 4.78 is 24.2. The molecule has 0 bridgehead atoms. The molecule has 30 heavy (non-hydrogen) atoms. The summed E-state index contributed by atoms with van der Waals surface area (Å²) >= 11 is 0. The van der Waals surface area contributed by atoms with Crippen molar-refractivity contribution in [3.05, 3.63) is 11.6 Å². The van der Waals surface area contributed by atoms with Crippen LogP contribution >= 0.6 is 0 Å². The van der Waals surface area contributed by atoms with Crippen LogP contribution in [0.5, 0.6) is 0 Å². The average molecular weight is 425 g/mol. The molecule has 1 aliphatic carbocycles. The molecule has 3 fully saturated rings. The lowest BCUT2D eigenvalue weighted by Gasteiger charge is -2.48. The average Bonchev–Trinajstić information content (AvgIpc) is 3.41. The fourth-order valence-electron chi connectivity index (χ4n) is 4.99. The van der Waals surface area contributed by atoms with Crippen molar-refractivity contribution < 1.29 is 23.7 Å². The molecule has 5 atom stereocenters. The van der Waals surface area contributed by atoms with E-state index in [0.717, 1.165) is 38.9 Å². The second-order valence-electron chi connectivity index (χ2n) is 9.63. The molecule has 0 aromatic heterocycles. The molecule has 0 aromatic rings. The van der Waals surface area contributed by atoms with Gasteiger partial charge in [0.1, 0.15) is 12.2 Å². The van der Waals surface area contributed by atoms with Gasteiger partial charge in [-0.1, -0.05) is 18.6 Å². The molecule has 1 amide bonds. The Morgan fingerprint density at radius 1 is 1.33 bits per heavy atom. The van der Waals surface area contributed by atoms with Crippen LogP contribution in [0, 0.1) is 5.92 Å². The molecule has 2 heterocycles. The van der Waals surface area contributed by atoms with Crippen LogP contribution < -0.4 is 5.32 Å². The van der Waals surface area contributed by atoms with Crippen LogP contribution in [0.1, 0.15) is 53.9 Å². The molecule has 1 N–H and O–H groups in total. The molecule has 3 rings (SSSR count). The van der Waals surface area contributed by atoms with Gasteiger partial charge in [-0.3, -0.25) is 0 Å². The van der Waals surface area contributed by atoms with E-state index in [9.17, 15) is 4.79 Å². The summed E-state index contributed by atoms with van der Waals surface area (Å²) in [6.45, 7) is 14.1. The minimum atomic E-state index is -0.474. The first-order valence-corrected chi connectivity index (χ1v) is 11.4. The van der Waals surface area contributed by atoms with Gasteiger partial charge in [0, 0.05) is 32.2 Å². The van der Waals surface area contributed by atoms with E-state index < -0.39 is 5.60 Å². The first kappa shape index (κ1) is 23.5. The number of epoxide rings is 1. The number of nitrogens with one attached hydrogen (secondary N) is 1. The zero-order valence-corrected chi connectivity index (χ0v) is 19.5. The maximum absolute atomic E-state index is 12.9. The van der Waals surface area contributed by atoms with E-state index in [0.29, 0.717) is 13.2 Å². The summed E-state index contributed by atoms with van der Waals surface area (Å²) in [6.07, 6.45) is 3.91. The van der Waals surface area contributed by atoms with Gasteiger partial charge in [0.2, 0.25) is 0 Å². The van der Waals surface area contributed by atoms with Crippen molar-refractivity contribution in [1.29, 1.82) is 0 Å². The van der Waals surface area contributed by atoms with Gasteiger partial charge in [0.25, 0.3) is 0 Å². The Balaban J connectivity index is 1.68. The van der Waals surface area contributed by atoms with Gasteiger partial charge in [-0.15, -0.1) is 0 Å². The lowest BCUT2D eigenvalue weighted by Crippen LogP contribution is -2.60. The van der Waals surface area contributed by atoms with Crippen molar-refractivity contribution >= 4 is 6.09 Å². The predicted octanol–water partition coefficient (Wildman–Crippen LogP) is 3.13. The van der Waals surface area contributed by atoms with E-state index in [1.165, 1.54) is 5.57 Å². The van der Waals surface area contributed by atoms with Crippen LogP contribution in [0.4, 0.5) is 4.79 Å². The summed E-state index contributed by atoms with van der Waals surface area (Å²) in [5.74, 6) is -0.0129. The molecule has 3 aliphatic rings. The topological polar surface area (TPSA) is 72.6 Å². The van der Waals surface area contributed by atoms with Crippen LogP contribution in [-0.4, -0.2) is 80.4 Å². The van der Waals surface area contributed by atoms with E-state index in [-0.39, 0.29) is 35.9 Å². The van der Waals surface area contributed by atoms with Gasteiger partial charge in [-0.05, 0) is 53.5 Å². The number of hydrogen-bond acceptors (Lipinski definition) is 6. The molecule has 2 aliphatic heterocycles. The van der Waals surface area contributed by atoms with Gasteiger partial charge >= 0.3 is 6.09 Å². The van der Waals surface area contributed by atoms with Crippen LogP contribution in [-0.2, 0) is 18.9 Å². The SMILES string of the molecule is CCNC[C@@H]1CCN1C(=O)O[C@@H]1CC[C@]2(CO2)[C@@H](C(C)(C)OCC=C(C)C)[C@@H]1OC. The molecule has 7 heteroatoms. The third kappa shape index (κ3) is 5.01. The number of amides is 1. The highest BCUT2D eigenvalue weighted by Gasteiger charge is 2.64. The molecule has 1 spiro atoms. The number of rotatable bonds is 9. The molecule has 172 valence electrons. The second kappa shape index (κ2) is 9.55. The standard InChI is InChI=1S/C23H40N2O5/c1-7-24-14-17-9-12-25(17)21(26)30-18-8-11-23(15-29-23)20(19(18)27-6)22(4,5)28-13-10-16(2)3/h10,17-20,24H,7-9,11-15H2,1-6H3/t17-,18+,19+,20+,23-/m0/s1. The number of likely N-dealkylation sites (N-methyl/N-ethyl adjacent to an activating group) is 1. The second-order valence-corrected chi connectivity index (χ2v) is 9.63. The van der Waals surface area contributed by atoms with E-state index >= 15 is 0 Å². The van der Waals surface area contributed by atoms with Gasteiger partial charge < -0.3 is 29.2 Å². The van der Waals surface area contributed by atoms with Crippen LogP contribution in [0.2, 0.25) is 0 Å². The molecule has 1 saturated carbocycles. The Labute approximate surface area is 181 Å². The summed E-state index contributed by atoms with van der Waals surface area (Å²) in [4.78, 5) is 14.7. The monoisotopic (exact) mass is 424 g/mol. The summed E-state index contributed by atoms with van der Waals surface area (Å²) in [6, 6.07) is 0.222. The molecular formula is C23H40N2O5. The number of methoxy groups -OCH3 is 1. The highest BCUT2D eigenvalue weighted by Crippen LogP contribution is 2.52. The zero-order valence-electron chi connectivity index (χ0n) is 19.5. The molecule has 7 nitrogen and oxygen atoms in total. The third-order valence-corrected chi connectivity index (χ3v) is 6.86. The maximum Gasteiger partial charge on any atom is 0.410 e. The largest absolute Gasteiger partial charge is 0.443 e. The summed E-state index contributed by atoms with van der Waals surface area (Å²) in [7, 11) is 1.70. The van der Waals surface area contributed by atoms with Crippen molar-refractivity contribution in [2.75, 3.05) is 40.0 Å². The van der Waals surface area contributed by atoms with E-state index in [2.05, 4.69) is 46.0 Å². The Morgan fingerprint density at radius 3 is 2.60 bits per heavy atom. The maximum atomic E-state index is 12.9. The Hall–Kier alpha value is -1.15. The van der Waals surface area contributed by atoms with Crippen molar-refractivity contribution in [2.24, 2.45) is 5.92 Å². The molecular weight excluding hydrogens is 384 g/mol. The first-order chi connectivity index (χ1) is 14.2. The fourth-order valence-corrected chi connectivity index (χ4v) is 4.99. The Kier molecular flexibility index (Phi) is 7.49. The van der Waals surface area contributed by atoms with E-state index in [1.807, 2.05) is 4.90 Å². The lowest BCUT2D eigenvalue weighted by molar-refractivity contribution is -0.175. The quantitative estimate of drug-likeness (QED) is 0.453. The van der Waals surface area contributed by atoms with Crippen molar-refractivity contribution in [2.45, 2.75) is 83.3 Å². The number of allylic oxidation sites excluding steroid dienone is 1. The Morgan fingerprint density at radius 2 is 2.07 bits per heavy atom. The minimum absolute atomic E-state index is 0.0129. The summed E-state index contributed by atoms with van der Waals surface area (Å²) in [5, 5.41) is 3.32. The minimum Gasteiger partial charge on any atom is -0.443 e. The van der Waals surface area contributed by atoms with E-state index in [1.54, 1.807) is 7.11 Å². The fraction of sp³-hybridized carbons (Fsp3) is 0.870. The normalized spacial score (nSPS) is 33.2. The number of ether oxygens (including phenoxy) is 4. The van der Waals surface area contributed by atoms with Crippen LogP contribution in [0.25, 0.3) is 0 Å². The van der Waals surface area contributed by atoms with E-state index in [4.69, 9.17) is 18.9 Å². The van der Waals surface area contributed by atoms with Crippen molar-refractivity contribution in [1.82, 2.24) is 10.2 Å². The van der Waals surface area contributed by atoms with Gasteiger partial charge in [-0.25, -0.2) is 4.79 Å².